The van der Waals surface area contributed by atoms with E-state index in [-0.39, 0.29) is 5.78 Å². The van der Waals surface area contributed by atoms with E-state index < -0.39 is 0 Å². The van der Waals surface area contributed by atoms with Gasteiger partial charge in [-0.1, -0.05) is 67.2 Å². The van der Waals surface area contributed by atoms with Gasteiger partial charge in [-0.3, -0.25) is 4.79 Å². The Kier molecular flexibility index (Phi) is 3.51. The molecule has 0 amide bonds. The molecule has 22 heavy (non-hydrogen) atoms. The SMILES string of the molecule is C=C1C(c2ccccc2)=C(c2ccccc2)C(=O)/C1=C(/C)N. The number of benzene rings is 2. The lowest BCUT2D eigenvalue weighted by Gasteiger charge is -2.07. The van der Waals surface area contributed by atoms with Gasteiger partial charge in [-0.25, -0.2) is 0 Å². The van der Waals surface area contributed by atoms with Gasteiger partial charge in [-0.05, 0) is 23.6 Å². The third kappa shape index (κ3) is 2.19. The summed E-state index contributed by atoms with van der Waals surface area (Å²) in [5, 5.41) is 0. The fourth-order valence-corrected chi connectivity index (χ4v) is 2.87. The first kappa shape index (κ1) is 14.1. The Morgan fingerprint density at radius 1 is 0.864 bits per heavy atom. The van der Waals surface area contributed by atoms with Crippen molar-refractivity contribution in [3.05, 3.63) is 95.2 Å². The van der Waals surface area contributed by atoms with E-state index >= 15 is 0 Å². The Balaban J connectivity index is 2.31. The quantitative estimate of drug-likeness (QED) is 0.849. The summed E-state index contributed by atoms with van der Waals surface area (Å²) in [7, 11) is 0. The summed E-state index contributed by atoms with van der Waals surface area (Å²) in [6.07, 6.45) is 0. The second-order valence-electron chi connectivity index (χ2n) is 5.35. The zero-order valence-electron chi connectivity index (χ0n) is 12.5. The third-order valence-electron chi connectivity index (χ3n) is 3.83. The molecule has 2 aromatic carbocycles. The predicted molar refractivity (Wildman–Crippen MR) is 90.7 cm³/mol. The lowest BCUT2D eigenvalue weighted by Crippen LogP contribution is -2.06. The second kappa shape index (κ2) is 5.49. The highest BCUT2D eigenvalue weighted by atomic mass is 16.1. The second-order valence-corrected chi connectivity index (χ2v) is 5.35. The van der Waals surface area contributed by atoms with Crippen molar-refractivity contribution >= 4 is 16.9 Å². The largest absolute Gasteiger partial charge is 0.402 e. The van der Waals surface area contributed by atoms with Crippen molar-refractivity contribution in [1.82, 2.24) is 0 Å². The molecule has 3 rings (SSSR count). The van der Waals surface area contributed by atoms with Gasteiger partial charge in [0.15, 0.2) is 5.78 Å². The van der Waals surface area contributed by atoms with Gasteiger partial charge < -0.3 is 5.73 Å². The molecule has 0 unspecified atom stereocenters. The summed E-state index contributed by atoms with van der Waals surface area (Å²) < 4.78 is 0. The lowest BCUT2D eigenvalue weighted by molar-refractivity contribution is -0.110. The smallest absolute Gasteiger partial charge is 0.196 e. The molecule has 1 aliphatic carbocycles. The molecule has 1 aliphatic rings. The van der Waals surface area contributed by atoms with Crippen molar-refractivity contribution in [3.63, 3.8) is 0 Å². The number of allylic oxidation sites excluding steroid dienone is 5. The molecule has 0 heterocycles. The van der Waals surface area contributed by atoms with Gasteiger partial charge in [0, 0.05) is 22.4 Å². The van der Waals surface area contributed by atoms with Crippen LogP contribution in [0.2, 0.25) is 0 Å². The minimum absolute atomic E-state index is 0.0462. The van der Waals surface area contributed by atoms with Crippen molar-refractivity contribution in [1.29, 1.82) is 0 Å². The van der Waals surface area contributed by atoms with Crippen molar-refractivity contribution in [2.24, 2.45) is 5.73 Å². The fourth-order valence-electron chi connectivity index (χ4n) is 2.87. The average molecular weight is 287 g/mol. The van der Waals surface area contributed by atoms with Crippen LogP contribution in [0.3, 0.4) is 0 Å². The zero-order chi connectivity index (χ0) is 15.7. The van der Waals surface area contributed by atoms with Crippen LogP contribution in [0.25, 0.3) is 11.1 Å². The van der Waals surface area contributed by atoms with E-state index in [0.29, 0.717) is 22.4 Å². The number of carbonyl (C=O) groups is 1. The first-order valence-corrected chi connectivity index (χ1v) is 7.17. The summed E-state index contributed by atoms with van der Waals surface area (Å²) in [6, 6.07) is 19.5. The van der Waals surface area contributed by atoms with Crippen molar-refractivity contribution in [2.45, 2.75) is 6.92 Å². The first-order chi connectivity index (χ1) is 10.6. The molecule has 0 aromatic heterocycles. The Bertz CT molecular complexity index is 744. The summed E-state index contributed by atoms with van der Waals surface area (Å²) in [5.74, 6) is -0.0462. The number of Topliss-reactive ketones (excluding diaryl/α,β-unsaturated/α-hetero) is 1. The van der Waals surface area contributed by atoms with Crippen molar-refractivity contribution < 1.29 is 4.79 Å². The van der Waals surface area contributed by atoms with Crippen LogP contribution in [-0.4, -0.2) is 5.78 Å². The van der Waals surface area contributed by atoms with Crippen LogP contribution in [0.4, 0.5) is 0 Å². The molecule has 0 saturated carbocycles. The predicted octanol–water partition coefficient (Wildman–Crippen LogP) is 3.97. The number of hydrogen-bond donors (Lipinski definition) is 1. The van der Waals surface area contributed by atoms with Crippen molar-refractivity contribution in [3.8, 4) is 0 Å². The highest BCUT2D eigenvalue weighted by Crippen LogP contribution is 2.43. The minimum Gasteiger partial charge on any atom is -0.402 e. The van der Waals surface area contributed by atoms with E-state index in [1.54, 1.807) is 6.92 Å². The van der Waals surface area contributed by atoms with Gasteiger partial charge in [0.2, 0.25) is 0 Å². The summed E-state index contributed by atoms with van der Waals surface area (Å²) in [4.78, 5) is 12.9. The molecule has 2 N–H and O–H groups in total. The summed E-state index contributed by atoms with van der Waals surface area (Å²) in [6.45, 7) is 5.87. The Morgan fingerprint density at radius 3 is 1.77 bits per heavy atom. The summed E-state index contributed by atoms with van der Waals surface area (Å²) >= 11 is 0. The normalized spacial score (nSPS) is 17.1. The average Bonchev–Trinajstić information content (AvgIpc) is 2.80. The number of carbonyl (C=O) groups excluding carboxylic acids is 1. The van der Waals surface area contributed by atoms with Crippen LogP contribution in [0.1, 0.15) is 18.1 Å². The maximum atomic E-state index is 12.9. The van der Waals surface area contributed by atoms with E-state index in [2.05, 4.69) is 6.58 Å². The summed E-state index contributed by atoms with van der Waals surface area (Å²) in [5.41, 5.74) is 11.1. The van der Waals surface area contributed by atoms with Crippen LogP contribution in [0, 0.1) is 0 Å². The molecule has 0 spiro atoms. The molecule has 0 bridgehead atoms. The van der Waals surface area contributed by atoms with Gasteiger partial charge in [0.05, 0.1) is 0 Å². The molecular formula is C20H17NO. The number of hydrogen-bond acceptors (Lipinski definition) is 2. The Hall–Kier alpha value is -2.87. The van der Waals surface area contributed by atoms with Gasteiger partial charge in [-0.15, -0.1) is 0 Å². The van der Waals surface area contributed by atoms with Crippen LogP contribution >= 0.6 is 0 Å². The van der Waals surface area contributed by atoms with E-state index in [4.69, 9.17) is 5.73 Å². The van der Waals surface area contributed by atoms with Gasteiger partial charge in [0.1, 0.15) is 0 Å². The molecule has 0 aliphatic heterocycles. The number of rotatable bonds is 2. The molecule has 0 atom stereocenters. The van der Waals surface area contributed by atoms with Crippen LogP contribution < -0.4 is 5.73 Å². The van der Waals surface area contributed by atoms with E-state index in [1.165, 1.54) is 0 Å². The highest BCUT2D eigenvalue weighted by Gasteiger charge is 2.33. The molecule has 0 radical (unpaired) electrons. The Labute approximate surface area is 130 Å². The molecule has 0 saturated heterocycles. The standard InChI is InChI=1S/C20H17NO/c1-13-17(14(2)21)20(22)19(16-11-7-4-8-12-16)18(13)15-9-5-3-6-10-15/h3-12H,1,21H2,2H3/b17-14-. The minimum atomic E-state index is -0.0462. The zero-order valence-corrected chi connectivity index (χ0v) is 12.5. The van der Waals surface area contributed by atoms with Crippen molar-refractivity contribution in [2.75, 3.05) is 0 Å². The molecule has 2 aromatic rings. The van der Waals surface area contributed by atoms with Crippen LogP contribution in [-0.2, 0) is 4.79 Å². The van der Waals surface area contributed by atoms with E-state index in [9.17, 15) is 4.79 Å². The van der Waals surface area contributed by atoms with E-state index in [0.717, 1.165) is 16.7 Å². The maximum Gasteiger partial charge on any atom is 0.196 e. The van der Waals surface area contributed by atoms with Gasteiger partial charge in [-0.2, -0.15) is 0 Å². The van der Waals surface area contributed by atoms with Gasteiger partial charge in [0.25, 0.3) is 0 Å². The van der Waals surface area contributed by atoms with Crippen LogP contribution in [0.5, 0.6) is 0 Å². The third-order valence-corrected chi connectivity index (χ3v) is 3.83. The fraction of sp³-hybridized carbons (Fsp3) is 0.0500. The van der Waals surface area contributed by atoms with E-state index in [1.807, 2.05) is 60.7 Å². The highest BCUT2D eigenvalue weighted by molar-refractivity contribution is 6.43. The Morgan fingerprint density at radius 2 is 1.32 bits per heavy atom. The monoisotopic (exact) mass is 287 g/mol. The maximum absolute atomic E-state index is 12.9. The lowest BCUT2D eigenvalue weighted by atomic mass is 9.95. The van der Waals surface area contributed by atoms with Gasteiger partial charge >= 0.3 is 0 Å². The molecule has 2 heteroatoms. The molecular weight excluding hydrogens is 270 g/mol. The first-order valence-electron chi connectivity index (χ1n) is 7.17. The number of ketones is 1. The molecule has 2 nitrogen and oxygen atoms in total. The molecule has 0 fully saturated rings. The van der Waals surface area contributed by atoms with Crippen LogP contribution in [0.15, 0.2) is 84.1 Å². The number of nitrogens with two attached hydrogens (primary N) is 1. The topological polar surface area (TPSA) is 43.1 Å². The molecule has 108 valence electrons.